The SMILES string of the molecule is C=C(OC)c1cccc2c(CN3CCc4c(c(C(=O)NCc5cccc6ccccc56)nn4CCO)C3)c[nH]c12.COc1ccc(CN2CCc3c(c(C(=O)NCc4cccc5ccccc45)nn3CCO)C2)cc1.COc1cccc2c(CN3CCc4c(c(C(=O)NCc5cccc6ccccc56)nn4CCO)C3)c[nH]c12.Cc1ccc(CN2CCc3c(c(C(=O)NCc4cccc5ccccc45)nn3CCO)C2)cc1. The molecule has 752 valence electrons. The fourth-order valence-electron chi connectivity index (χ4n) is 21.0. The zero-order valence-electron chi connectivity index (χ0n) is 83.4. The van der Waals surface area contributed by atoms with Crippen molar-refractivity contribution in [2.24, 2.45) is 0 Å². The quantitative estimate of drug-likeness (QED) is 0.0175. The molecule has 22 rings (SSSR count). The molecule has 10 N–H and O–H groups in total. The lowest BCUT2D eigenvalue weighted by Gasteiger charge is -2.27. The molecule has 147 heavy (non-hydrogen) atoms. The van der Waals surface area contributed by atoms with E-state index in [1.165, 1.54) is 27.8 Å². The molecule has 0 aliphatic carbocycles. The summed E-state index contributed by atoms with van der Waals surface area (Å²) in [5.74, 6) is 1.55. The Morgan fingerprint density at radius 2 is 0.639 bits per heavy atom. The molecule has 10 heterocycles. The van der Waals surface area contributed by atoms with Gasteiger partial charge in [-0.1, -0.05) is 243 Å². The second-order valence-electron chi connectivity index (χ2n) is 37.7. The van der Waals surface area contributed by atoms with E-state index >= 15 is 0 Å². The summed E-state index contributed by atoms with van der Waals surface area (Å²) in [7, 11) is 4.97. The van der Waals surface area contributed by atoms with E-state index in [1.54, 1.807) is 35.4 Å². The van der Waals surface area contributed by atoms with Crippen LogP contribution in [0, 0.1) is 6.92 Å². The standard InChI is InChI=1S/C32H33N5O3.C30H31N5O3.C28H30N4O3.C28H30N4O2/c1-21(40-2)25-11-6-12-27-24(18-33-30(25)27)19-36-14-13-29-28(20-36)31(35-37(29)15-16-38)32(39)34-17-23-9-5-8-22-7-3-4-10-26(22)23;1-38-27-11-5-10-24-22(17-31-28(24)27)18-34-13-12-26-25(19-34)29(33-35(26)14-15-36)30(37)32-16-21-8-4-7-20-6-2-3-9-23(20)21;1-35-23-11-9-20(10-12-23)18-31-14-13-26-25(19-31)27(30-32(26)15-16-33)28(34)29-17-22-7-4-6-21-5-2-3-8-24(21)22;1-20-9-11-21(12-10-20)18-31-14-13-26-25(19-31)27(30-32(26)15-16-33)28(34)29-17-23-7-4-6-22-5-2-3-8-24(22)23/h3-12,18,33,38H,1,13-17,19-20H2,2H3,(H,34,39);2-11,17,31,36H,12-16,18-19H2,1H3,(H,32,37);2-12,33H,13-19H2,1H3,(H,29,34);2-12,33H,13-19H2,1H3,(H,29,34). The molecule has 6 aromatic heterocycles. The van der Waals surface area contributed by atoms with Gasteiger partial charge in [-0.2, -0.15) is 20.4 Å². The zero-order valence-corrected chi connectivity index (χ0v) is 83.4. The van der Waals surface area contributed by atoms with Crippen molar-refractivity contribution >= 4 is 94.3 Å². The number of carbonyl (C=O) groups is 4. The van der Waals surface area contributed by atoms with Gasteiger partial charge in [0.1, 0.15) is 17.3 Å². The number of nitrogens with zero attached hydrogens (tertiary/aromatic N) is 12. The molecule has 0 saturated heterocycles. The number of hydrogen-bond acceptors (Lipinski definition) is 19. The molecular weight excluding hydrogens is 1850 g/mol. The van der Waals surface area contributed by atoms with E-state index in [4.69, 9.17) is 14.2 Å². The normalized spacial score (nSPS) is 13.6. The molecular formula is C118H124N18O11. The Morgan fingerprint density at radius 3 is 0.973 bits per heavy atom. The first kappa shape index (κ1) is 100. The molecule has 0 atom stereocenters. The van der Waals surface area contributed by atoms with Gasteiger partial charge in [0.25, 0.3) is 23.6 Å². The number of aryl methyl sites for hydroxylation is 1. The minimum atomic E-state index is -0.197. The van der Waals surface area contributed by atoms with Crippen LogP contribution < -0.4 is 30.7 Å². The summed E-state index contributed by atoms with van der Waals surface area (Å²) in [4.78, 5) is 69.6. The van der Waals surface area contributed by atoms with Crippen molar-refractivity contribution in [3.05, 3.63) is 397 Å². The molecule has 0 spiro atoms. The van der Waals surface area contributed by atoms with Crippen LogP contribution in [0.25, 0.3) is 70.7 Å². The maximum Gasteiger partial charge on any atom is 0.272 e. The Morgan fingerprint density at radius 1 is 0.340 bits per heavy atom. The number of H-pyrrole nitrogens is 2. The Bertz CT molecular complexity index is 7760. The van der Waals surface area contributed by atoms with Crippen molar-refractivity contribution < 1.29 is 53.8 Å². The number of aliphatic hydroxyl groups is 4. The van der Waals surface area contributed by atoms with Crippen LogP contribution in [-0.2, 0) is 135 Å². The Balaban J connectivity index is 0.000000124. The minimum Gasteiger partial charge on any atom is -0.497 e. The highest BCUT2D eigenvalue weighted by atomic mass is 16.5. The number of methoxy groups -OCH3 is 3. The number of aromatic amines is 2. The van der Waals surface area contributed by atoms with Crippen molar-refractivity contribution in [1.29, 1.82) is 0 Å². The van der Waals surface area contributed by atoms with Crippen molar-refractivity contribution in [3.8, 4) is 11.5 Å². The molecule has 4 amide bonds. The summed E-state index contributed by atoms with van der Waals surface area (Å²) in [5.41, 5.74) is 23.1. The number of nitrogens with one attached hydrogen (secondary N) is 6. The number of amides is 4. The maximum atomic E-state index is 13.5. The molecule has 0 radical (unpaired) electrons. The molecule has 18 aromatic rings. The highest BCUT2D eigenvalue weighted by molar-refractivity contribution is 5.99. The number of para-hydroxylation sites is 2. The first-order valence-corrected chi connectivity index (χ1v) is 50.3. The number of carbonyl (C=O) groups excluding carboxylic acids is 4. The van der Waals surface area contributed by atoms with Crippen molar-refractivity contribution in [2.75, 3.05) is 73.9 Å². The number of ether oxygens (including phenoxy) is 3. The van der Waals surface area contributed by atoms with Gasteiger partial charge >= 0.3 is 0 Å². The Hall–Kier alpha value is -15.7. The maximum absolute atomic E-state index is 13.5. The summed E-state index contributed by atoms with van der Waals surface area (Å²) >= 11 is 0. The zero-order chi connectivity index (χ0) is 101. The third-order valence-electron chi connectivity index (χ3n) is 28.4. The number of aromatic nitrogens is 10. The third kappa shape index (κ3) is 22.6. The molecule has 0 fully saturated rings. The predicted octanol–water partition coefficient (Wildman–Crippen LogP) is 16.0. The Labute approximate surface area is 853 Å². The highest BCUT2D eigenvalue weighted by Gasteiger charge is 2.35. The van der Waals surface area contributed by atoms with Gasteiger partial charge < -0.3 is 65.9 Å². The monoisotopic (exact) mass is 1970 g/mol. The summed E-state index contributed by atoms with van der Waals surface area (Å²) < 4.78 is 23.4. The van der Waals surface area contributed by atoms with E-state index in [1.807, 2.05) is 151 Å². The van der Waals surface area contributed by atoms with E-state index in [0.717, 1.165) is 227 Å². The van der Waals surface area contributed by atoms with Gasteiger partial charge in [-0.3, -0.25) is 57.5 Å². The minimum absolute atomic E-state index is 0.00172. The molecule has 0 bridgehead atoms. The third-order valence-corrected chi connectivity index (χ3v) is 28.4. The lowest BCUT2D eigenvalue weighted by molar-refractivity contribution is 0.0934. The molecule has 29 heteroatoms. The average molecular weight is 1970 g/mol. The van der Waals surface area contributed by atoms with Crippen LogP contribution in [0.3, 0.4) is 0 Å². The van der Waals surface area contributed by atoms with Gasteiger partial charge in [-0.25, -0.2) is 0 Å². The fourth-order valence-corrected chi connectivity index (χ4v) is 21.0. The smallest absolute Gasteiger partial charge is 0.272 e. The second-order valence-corrected chi connectivity index (χ2v) is 37.7. The average Bonchev–Trinajstić information content (AvgIpc) is 1.63. The van der Waals surface area contributed by atoms with Crippen LogP contribution in [0.4, 0.5) is 0 Å². The summed E-state index contributed by atoms with van der Waals surface area (Å²) in [6, 6.07) is 86.1. The molecule has 12 aromatic carbocycles. The van der Waals surface area contributed by atoms with Gasteiger partial charge in [0.2, 0.25) is 0 Å². The largest absolute Gasteiger partial charge is 0.497 e. The van der Waals surface area contributed by atoms with Gasteiger partial charge in [0, 0.05) is 204 Å². The second kappa shape index (κ2) is 46.6. The van der Waals surface area contributed by atoms with Crippen LogP contribution >= 0.6 is 0 Å². The topological polar surface area (TPSA) is 341 Å². The fraction of sp³-hybridized carbons (Fsp3) is 0.271. The van der Waals surface area contributed by atoms with Gasteiger partial charge in [-0.05, 0) is 119 Å². The molecule has 4 aliphatic rings. The van der Waals surface area contributed by atoms with Gasteiger partial charge in [-0.15, -0.1) is 0 Å². The van der Waals surface area contributed by atoms with Crippen LogP contribution in [0.2, 0.25) is 0 Å². The summed E-state index contributed by atoms with van der Waals surface area (Å²) in [6.07, 6.45) is 7.20. The van der Waals surface area contributed by atoms with Crippen molar-refractivity contribution in [1.82, 2.24) is 90.0 Å². The van der Waals surface area contributed by atoms with E-state index in [0.29, 0.717) is 107 Å². The predicted molar refractivity (Wildman–Crippen MR) is 572 cm³/mol. The molecule has 4 aliphatic heterocycles. The number of rotatable bonds is 32. The first-order valence-electron chi connectivity index (χ1n) is 50.3. The van der Waals surface area contributed by atoms with Crippen LogP contribution in [-0.4, -0.2) is 187 Å². The molecule has 0 saturated carbocycles. The number of benzene rings is 12. The van der Waals surface area contributed by atoms with Crippen molar-refractivity contribution in [3.63, 3.8) is 0 Å². The highest BCUT2D eigenvalue weighted by Crippen LogP contribution is 2.36. The van der Waals surface area contributed by atoms with Crippen LogP contribution in [0.15, 0.2) is 274 Å². The Kier molecular flexibility index (Phi) is 31.7. The summed E-state index contributed by atoms with van der Waals surface area (Å²) in [6.45, 7) is 18.4. The lowest BCUT2D eigenvalue weighted by Crippen LogP contribution is -2.32. The van der Waals surface area contributed by atoms with Gasteiger partial charge in [0.15, 0.2) is 22.8 Å². The number of aliphatic hydroxyl groups excluding tert-OH is 4. The van der Waals surface area contributed by atoms with Crippen LogP contribution in [0.5, 0.6) is 11.5 Å². The molecule has 0 unspecified atom stereocenters. The summed E-state index contributed by atoms with van der Waals surface area (Å²) in [5, 5.41) is 80.6. The van der Waals surface area contributed by atoms with E-state index in [9.17, 15) is 39.6 Å². The van der Waals surface area contributed by atoms with Crippen molar-refractivity contribution in [2.45, 2.75) is 137 Å². The van der Waals surface area contributed by atoms with E-state index < -0.39 is 0 Å². The molecule has 29 nitrogen and oxygen atoms in total. The van der Waals surface area contributed by atoms with E-state index in [-0.39, 0.29) is 50.1 Å². The van der Waals surface area contributed by atoms with E-state index in [2.05, 4.69) is 206 Å². The first-order chi connectivity index (χ1) is 72.0. The number of hydrogen-bond donors (Lipinski definition) is 10. The van der Waals surface area contributed by atoms with Gasteiger partial charge in [0.05, 0.1) is 85.0 Å². The lowest BCUT2D eigenvalue weighted by atomic mass is 10.0. The van der Waals surface area contributed by atoms with Crippen LogP contribution in [0.1, 0.15) is 143 Å². The number of fused-ring (bicyclic) bond motifs is 10.